The highest BCUT2D eigenvalue weighted by atomic mass is 16.5. The number of nitrogens with one attached hydrogen (secondary N) is 1. The van der Waals surface area contributed by atoms with Crippen molar-refractivity contribution in [1.82, 2.24) is 0 Å². The predicted molar refractivity (Wildman–Crippen MR) is 95.1 cm³/mol. The summed E-state index contributed by atoms with van der Waals surface area (Å²) in [6.07, 6.45) is 4.87. The molecule has 3 aliphatic rings. The Morgan fingerprint density at radius 1 is 1.08 bits per heavy atom. The molecule has 1 aromatic carbocycles. The number of benzene rings is 1. The van der Waals surface area contributed by atoms with Crippen LogP contribution in [0.3, 0.4) is 0 Å². The number of likely N-dealkylation sites (tertiary alicyclic amines) is 1. The smallest absolute Gasteiger partial charge is 0.292 e. The maximum Gasteiger partial charge on any atom is 0.292 e. The number of piperidine rings is 1. The van der Waals surface area contributed by atoms with Gasteiger partial charge in [-0.05, 0) is 37.1 Å². The first kappa shape index (κ1) is 17.2. The minimum atomic E-state index is -0.358. The van der Waals surface area contributed by atoms with Crippen molar-refractivity contribution in [2.24, 2.45) is 5.92 Å². The molecule has 3 fully saturated rings. The first-order valence-corrected chi connectivity index (χ1v) is 9.49. The molecule has 1 N–H and O–H groups in total. The Labute approximate surface area is 153 Å². The van der Waals surface area contributed by atoms with Crippen molar-refractivity contribution in [2.45, 2.75) is 50.6 Å². The number of Topliss-reactive ketones (excluding diaryl/α,β-unsaturated/α-hetero) is 1. The average molecular weight is 357 g/mol. The van der Waals surface area contributed by atoms with Crippen LogP contribution in [0.25, 0.3) is 0 Å². The number of amides is 2. The maximum absolute atomic E-state index is 13.1. The largest absolute Gasteiger partial charge is 0.497 e. The predicted octanol–water partition coefficient (Wildman–Crippen LogP) is 0.744. The molecule has 2 amide bonds. The van der Waals surface area contributed by atoms with Gasteiger partial charge in [0.2, 0.25) is 5.91 Å². The van der Waals surface area contributed by atoms with Crippen LogP contribution in [-0.4, -0.2) is 43.3 Å². The van der Waals surface area contributed by atoms with Crippen molar-refractivity contribution in [3.05, 3.63) is 24.3 Å². The van der Waals surface area contributed by atoms with E-state index in [2.05, 4.69) is 0 Å². The molecule has 6 heteroatoms. The molecule has 2 heterocycles. The van der Waals surface area contributed by atoms with Crippen LogP contribution >= 0.6 is 0 Å². The summed E-state index contributed by atoms with van der Waals surface area (Å²) in [6.45, 7) is 0.667. The Morgan fingerprint density at radius 3 is 2.54 bits per heavy atom. The summed E-state index contributed by atoms with van der Waals surface area (Å²) in [5, 5.41) is 0. The molecule has 0 radical (unpaired) electrons. The molecule has 0 bridgehead atoms. The number of rotatable bonds is 3. The third-order valence-corrected chi connectivity index (χ3v) is 6.24. The van der Waals surface area contributed by atoms with Gasteiger partial charge >= 0.3 is 0 Å². The minimum absolute atomic E-state index is 0.0745. The zero-order valence-corrected chi connectivity index (χ0v) is 15.1. The molecule has 0 spiro atoms. The number of fused-ring (bicyclic) bond motifs is 1. The first-order valence-electron chi connectivity index (χ1n) is 9.49. The highest BCUT2D eigenvalue weighted by Gasteiger charge is 2.52. The van der Waals surface area contributed by atoms with Crippen LogP contribution in [0.1, 0.15) is 38.5 Å². The second-order valence-corrected chi connectivity index (χ2v) is 7.56. The van der Waals surface area contributed by atoms with Crippen LogP contribution in [-0.2, 0) is 14.4 Å². The van der Waals surface area contributed by atoms with Crippen LogP contribution in [0.15, 0.2) is 24.3 Å². The second kappa shape index (κ2) is 6.83. The molecule has 0 aromatic heterocycles. The van der Waals surface area contributed by atoms with Gasteiger partial charge in [0.1, 0.15) is 11.5 Å². The molecule has 2 saturated heterocycles. The van der Waals surface area contributed by atoms with Crippen LogP contribution in [0.5, 0.6) is 5.75 Å². The molecule has 1 aliphatic carbocycles. The summed E-state index contributed by atoms with van der Waals surface area (Å²) in [4.78, 5) is 40.5. The van der Waals surface area contributed by atoms with E-state index in [1.807, 2.05) is 0 Å². The van der Waals surface area contributed by atoms with Crippen molar-refractivity contribution in [3.8, 4) is 5.75 Å². The lowest BCUT2D eigenvalue weighted by Gasteiger charge is -2.42. The standard InChI is InChI=1S/C20H24N2O4/c1-26-14-8-6-13(7-9-14)22-19(24)12-17(20(22)25)21-11-10-18(23)15-4-2-3-5-16(15)21/h6-9,15-17H,2-5,10-12H2,1H3/p+1/t15-,16-,17+/m1/s1. The lowest BCUT2D eigenvalue weighted by Crippen LogP contribution is -3.22. The zero-order chi connectivity index (χ0) is 18.3. The lowest BCUT2D eigenvalue weighted by molar-refractivity contribution is -0.945. The number of hydrogen-bond acceptors (Lipinski definition) is 4. The summed E-state index contributed by atoms with van der Waals surface area (Å²) >= 11 is 0. The van der Waals surface area contributed by atoms with Crippen molar-refractivity contribution in [1.29, 1.82) is 0 Å². The minimum Gasteiger partial charge on any atom is -0.497 e. The summed E-state index contributed by atoms with van der Waals surface area (Å²) in [5.74, 6) is 0.832. The van der Waals surface area contributed by atoms with E-state index in [9.17, 15) is 14.4 Å². The van der Waals surface area contributed by atoms with E-state index in [1.54, 1.807) is 31.4 Å². The quantitative estimate of drug-likeness (QED) is 0.811. The van der Waals surface area contributed by atoms with Crippen molar-refractivity contribution in [3.63, 3.8) is 0 Å². The van der Waals surface area contributed by atoms with Crippen LogP contribution < -0.4 is 14.5 Å². The van der Waals surface area contributed by atoms with E-state index in [-0.39, 0.29) is 36.2 Å². The summed E-state index contributed by atoms with van der Waals surface area (Å²) in [5.41, 5.74) is 0.593. The van der Waals surface area contributed by atoms with Gasteiger partial charge in [0, 0.05) is 6.42 Å². The fourth-order valence-electron chi connectivity index (χ4n) is 4.96. The first-order chi connectivity index (χ1) is 12.6. The maximum atomic E-state index is 13.1. The number of hydrogen-bond donors (Lipinski definition) is 1. The van der Waals surface area contributed by atoms with E-state index in [1.165, 1.54) is 4.90 Å². The van der Waals surface area contributed by atoms with Gasteiger partial charge in [-0.3, -0.25) is 14.4 Å². The number of imide groups is 1. The van der Waals surface area contributed by atoms with E-state index in [0.29, 0.717) is 30.2 Å². The molecule has 6 nitrogen and oxygen atoms in total. The van der Waals surface area contributed by atoms with E-state index in [4.69, 9.17) is 4.74 Å². The zero-order valence-electron chi connectivity index (χ0n) is 15.1. The van der Waals surface area contributed by atoms with Crippen LogP contribution in [0.4, 0.5) is 5.69 Å². The number of ketones is 1. The van der Waals surface area contributed by atoms with Gasteiger partial charge in [0.15, 0.2) is 6.04 Å². The van der Waals surface area contributed by atoms with Gasteiger partial charge in [0.25, 0.3) is 5.91 Å². The van der Waals surface area contributed by atoms with Gasteiger partial charge in [-0.25, -0.2) is 4.90 Å². The molecule has 2 aliphatic heterocycles. The van der Waals surface area contributed by atoms with Gasteiger partial charge < -0.3 is 9.64 Å². The molecule has 1 saturated carbocycles. The van der Waals surface area contributed by atoms with Gasteiger partial charge in [-0.1, -0.05) is 6.42 Å². The number of carbonyl (C=O) groups excluding carboxylic acids is 3. The van der Waals surface area contributed by atoms with Crippen LogP contribution in [0.2, 0.25) is 0 Å². The van der Waals surface area contributed by atoms with Crippen molar-refractivity contribution >= 4 is 23.3 Å². The summed E-state index contributed by atoms with van der Waals surface area (Å²) in [7, 11) is 1.58. The number of anilines is 1. The molecular formula is C20H25N2O4+. The number of ether oxygens (including phenoxy) is 1. The van der Waals surface area contributed by atoms with Gasteiger partial charge in [-0.2, -0.15) is 0 Å². The second-order valence-electron chi connectivity index (χ2n) is 7.56. The highest BCUT2D eigenvalue weighted by Crippen LogP contribution is 2.29. The average Bonchev–Trinajstić information content (AvgIpc) is 2.96. The highest BCUT2D eigenvalue weighted by molar-refractivity contribution is 6.21. The fourth-order valence-corrected chi connectivity index (χ4v) is 4.96. The number of quaternary nitrogens is 1. The van der Waals surface area contributed by atoms with E-state index < -0.39 is 0 Å². The molecule has 26 heavy (non-hydrogen) atoms. The molecule has 4 atom stereocenters. The summed E-state index contributed by atoms with van der Waals surface area (Å²) < 4.78 is 5.15. The molecule has 138 valence electrons. The molecular weight excluding hydrogens is 332 g/mol. The Hall–Kier alpha value is -2.21. The third kappa shape index (κ3) is 2.82. The number of methoxy groups -OCH3 is 1. The Morgan fingerprint density at radius 2 is 1.81 bits per heavy atom. The Kier molecular flexibility index (Phi) is 4.53. The molecule has 1 aromatic rings. The Balaban J connectivity index is 1.57. The topological polar surface area (TPSA) is 68.1 Å². The monoisotopic (exact) mass is 357 g/mol. The van der Waals surface area contributed by atoms with Crippen LogP contribution in [0, 0.1) is 5.92 Å². The normalized spacial score (nSPS) is 31.9. The summed E-state index contributed by atoms with van der Waals surface area (Å²) in [6, 6.07) is 6.84. The van der Waals surface area contributed by atoms with Gasteiger partial charge in [-0.15, -0.1) is 0 Å². The van der Waals surface area contributed by atoms with Crippen molar-refractivity contribution < 1.29 is 24.0 Å². The van der Waals surface area contributed by atoms with E-state index >= 15 is 0 Å². The van der Waals surface area contributed by atoms with Gasteiger partial charge in [0.05, 0.1) is 44.1 Å². The Bertz CT molecular complexity index is 730. The number of nitrogens with zero attached hydrogens (tertiary/aromatic N) is 1. The SMILES string of the molecule is COc1ccc(N2C(=O)C[C@H]([NH+]3CCC(=O)[C@@H]4CCCC[C@H]43)C2=O)cc1. The fraction of sp³-hybridized carbons (Fsp3) is 0.550. The van der Waals surface area contributed by atoms with Crippen molar-refractivity contribution in [2.75, 3.05) is 18.6 Å². The molecule has 4 rings (SSSR count). The van der Waals surface area contributed by atoms with E-state index in [0.717, 1.165) is 30.6 Å². The molecule has 1 unspecified atom stereocenters. The number of carbonyl (C=O) groups is 3. The lowest BCUT2D eigenvalue weighted by atomic mass is 9.77. The third-order valence-electron chi connectivity index (χ3n) is 6.24.